The summed E-state index contributed by atoms with van der Waals surface area (Å²) in [4.78, 5) is 0. The van der Waals surface area contributed by atoms with Crippen LogP contribution in [0.15, 0.2) is 0 Å². The summed E-state index contributed by atoms with van der Waals surface area (Å²) in [5.41, 5.74) is 0. The van der Waals surface area contributed by atoms with Gasteiger partial charge in [-0.3, -0.25) is 0 Å². The monoisotopic (exact) mass is 285 g/mol. The van der Waals surface area contributed by atoms with E-state index in [1.165, 1.54) is 0 Å². The fraction of sp³-hybridized carbons (Fsp3) is 0. The molecular formula is H8AlCrFeMgSiZr. The Morgan fingerprint density at radius 3 is 1.17 bits per heavy atom. The molecule has 0 saturated heterocycles. The molecule has 0 fully saturated rings. The Bertz CT molecular complexity index is 15.5. The van der Waals surface area contributed by atoms with Gasteiger partial charge in [-0.15, -0.1) is 0 Å². The molecule has 0 heterocycles. The van der Waals surface area contributed by atoms with Crippen LogP contribution in [-0.2, 0) is 58.9 Å². The molecule has 0 aliphatic rings. The molecule has 0 unspecified atom stereocenters. The van der Waals surface area contributed by atoms with E-state index in [2.05, 4.69) is 15.4 Å². The van der Waals surface area contributed by atoms with Gasteiger partial charge >= 0.3 is 47.3 Å². The summed E-state index contributed by atoms with van der Waals surface area (Å²) in [6, 6.07) is 0. The fourth-order valence-electron chi connectivity index (χ4n) is 0. The smallest absolute Gasteiger partial charge is 0 e. The summed E-state index contributed by atoms with van der Waals surface area (Å²) in [6.07, 6.45) is 0. The Balaban J connectivity index is -0.000000000833. The average molecular weight is 287 g/mol. The quantitative estimate of drug-likeness (QED) is 0.410. The molecule has 6 heavy (non-hydrogen) atoms. The van der Waals surface area contributed by atoms with E-state index < -0.39 is 0 Å². The van der Waals surface area contributed by atoms with Crippen molar-refractivity contribution in [2.24, 2.45) is 0 Å². The van der Waals surface area contributed by atoms with Crippen molar-refractivity contribution in [3.05, 3.63) is 0 Å². The maximum absolute atomic E-state index is 3.39. The van der Waals surface area contributed by atoms with Crippen LogP contribution >= 0.6 is 0 Å². The minimum Gasteiger partial charge on any atom is 0 e. The van der Waals surface area contributed by atoms with Crippen molar-refractivity contribution in [2.45, 2.75) is 0 Å². The van der Waals surface area contributed by atoms with Gasteiger partial charge in [0.05, 0.1) is 0 Å². The van der Waals surface area contributed by atoms with E-state index in [-0.39, 0.29) is 84.0 Å². The number of rotatable bonds is 0. The summed E-state index contributed by atoms with van der Waals surface area (Å²) < 4.78 is 0. The van der Waals surface area contributed by atoms with Crippen LogP contribution in [0.1, 0.15) is 0 Å². The third-order valence-electron chi connectivity index (χ3n) is 0. The van der Waals surface area contributed by atoms with E-state index in [1.54, 1.807) is 0 Å². The average Bonchev–Trinajstić information content (AvgIpc) is 1.00. The van der Waals surface area contributed by atoms with Crippen molar-refractivity contribution in [1.29, 1.82) is 0 Å². The third-order valence-corrected chi connectivity index (χ3v) is 0. The van der Waals surface area contributed by atoms with E-state index in [0.29, 0.717) is 0 Å². The Kier molecular flexibility index (Phi) is 224. The zero-order valence-electron chi connectivity index (χ0n) is 2.26. The van der Waals surface area contributed by atoms with Crippen LogP contribution < -0.4 is 0 Å². The van der Waals surface area contributed by atoms with Gasteiger partial charge in [0, 0.05) is 43.6 Å². The molecule has 0 N–H and O–H groups in total. The molecule has 0 bridgehead atoms. The van der Waals surface area contributed by atoms with Crippen molar-refractivity contribution in [2.75, 3.05) is 0 Å². The standard InChI is InChI=1S/Al.Cr.Fe.Mg.H3Si.Zr.5H/h;;;;1H3;;;;;;. The predicted octanol–water partition coefficient (Wildman–Crippen LogP) is -3.29. The Labute approximate surface area is 106 Å². The zero-order chi connectivity index (χ0) is 2.00. The van der Waals surface area contributed by atoms with E-state index in [0.717, 1.165) is 8.85 Å². The summed E-state index contributed by atoms with van der Waals surface area (Å²) >= 11 is 3.39. The molecule has 0 aromatic carbocycles. The first-order valence-corrected chi connectivity index (χ1v) is 4.37. The molecule has 0 aromatic rings. The predicted molar refractivity (Wildman–Crippen MR) is 28.4 cm³/mol. The van der Waals surface area contributed by atoms with Gasteiger partial charge in [0.1, 0.15) is 0 Å². The molecule has 0 aliphatic carbocycles. The molecule has 0 nitrogen and oxygen atoms in total. The second kappa shape index (κ2) is 39.4. The van der Waals surface area contributed by atoms with E-state index in [4.69, 9.17) is 0 Å². The summed E-state index contributed by atoms with van der Waals surface area (Å²) in [6.45, 7) is 0. The Hall–Kier alpha value is 3.45. The normalized spacial score (nSPS) is 1.50. The molecule has 0 aromatic heterocycles. The van der Waals surface area contributed by atoms with Crippen molar-refractivity contribution in [3.8, 4) is 0 Å². The van der Waals surface area contributed by atoms with Gasteiger partial charge < -0.3 is 0 Å². The maximum atomic E-state index is 3.39. The van der Waals surface area contributed by atoms with Crippen LogP contribution in [0, 0.1) is 0 Å². The van der Waals surface area contributed by atoms with Crippen LogP contribution in [0.5, 0.6) is 0 Å². The second-order valence-electron chi connectivity index (χ2n) is 0. The summed E-state index contributed by atoms with van der Waals surface area (Å²) in [5, 5.41) is 0. The number of hydrogen-bond acceptors (Lipinski definition) is 0. The van der Waals surface area contributed by atoms with Crippen LogP contribution in [-0.4, -0.2) is 49.3 Å². The van der Waals surface area contributed by atoms with Crippen molar-refractivity contribution in [1.82, 2.24) is 0 Å². The molecule has 0 amide bonds. The molecule has 35 valence electrons. The van der Waals surface area contributed by atoms with Crippen LogP contribution in [0.2, 0.25) is 0 Å². The molecule has 0 rings (SSSR count). The largest absolute Gasteiger partial charge is 0 e. The van der Waals surface area contributed by atoms with Gasteiger partial charge in [-0.2, -0.15) is 0 Å². The van der Waals surface area contributed by atoms with Gasteiger partial charge in [0.15, 0.2) is 17.4 Å². The summed E-state index contributed by atoms with van der Waals surface area (Å²) in [7, 11) is 1.06. The topological polar surface area (TPSA) is 0 Å². The van der Waals surface area contributed by atoms with Crippen LogP contribution in [0.25, 0.3) is 0 Å². The molecular weight excluding hydrogens is 278 g/mol. The van der Waals surface area contributed by atoms with E-state index in [9.17, 15) is 0 Å². The van der Waals surface area contributed by atoms with Gasteiger partial charge in [-0.25, -0.2) is 0 Å². The Morgan fingerprint density at radius 1 is 1.17 bits per heavy atom. The first-order valence-electron chi connectivity index (χ1n) is 0.354. The first kappa shape index (κ1) is 34.1. The fourth-order valence-corrected chi connectivity index (χ4v) is 0. The minimum atomic E-state index is 0. The summed E-state index contributed by atoms with van der Waals surface area (Å²) in [5.74, 6) is 0. The van der Waals surface area contributed by atoms with Crippen molar-refractivity contribution < 1.29 is 58.9 Å². The van der Waals surface area contributed by atoms with E-state index >= 15 is 0 Å². The van der Waals surface area contributed by atoms with Crippen molar-refractivity contribution in [3.63, 3.8) is 0 Å². The zero-order valence-corrected chi connectivity index (χ0v) is 9.10. The van der Waals surface area contributed by atoms with Gasteiger partial charge in [-0.05, 0) is 0 Å². The molecule has 0 aliphatic heterocycles. The molecule has 0 atom stereocenters. The van der Waals surface area contributed by atoms with Gasteiger partial charge in [-0.1, -0.05) is 0 Å². The van der Waals surface area contributed by atoms with Crippen molar-refractivity contribution >= 4 is 49.3 Å². The molecule has 0 spiro atoms. The van der Waals surface area contributed by atoms with Crippen LogP contribution in [0.4, 0.5) is 0 Å². The second-order valence-corrected chi connectivity index (χ2v) is 0. The first-order chi connectivity index (χ1) is 1.00. The minimum absolute atomic E-state index is 0. The third kappa shape index (κ3) is 26.0. The SMILES string of the molecule is [AlH3].[Cr].[MgH2].[SiH3][Fe].[Zr]. The van der Waals surface area contributed by atoms with Crippen LogP contribution in [0.3, 0.4) is 0 Å². The number of hydrogen-bond donors (Lipinski definition) is 0. The molecule has 0 radical (unpaired) electrons. The molecule has 6 heteroatoms. The van der Waals surface area contributed by atoms with E-state index in [1.807, 2.05) is 0 Å². The molecule has 0 saturated carbocycles. The Morgan fingerprint density at radius 2 is 1.17 bits per heavy atom. The van der Waals surface area contributed by atoms with Gasteiger partial charge in [0.25, 0.3) is 0 Å². The maximum Gasteiger partial charge on any atom is 0 e. The van der Waals surface area contributed by atoms with Gasteiger partial charge in [0.2, 0.25) is 0 Å².